The van der Waals surface area contributed by atoms with Gasteiger partial charge in [0.15, 0.2) is 0 Å². The fourth-order valence-electron chi connectivity index (χ4n) is 0.947. The molecule has 0 aliphatic heterocycles. The average molecular weight is 374 g/mol. The van der Waals surface area contributed by atoms with E-state index in [0.29, 0.717) is 11.5 Å². The molecule has 17 heavy (non-hydrogen) atoms. The van der Waals surface area contributed by atoms with E-state index < -0.39 is 10.1 Å². The second kappa shape index (κ2) is 8.48. The van der Waals surface area contributed by atoms with Crippen molar-refractivity contribution in [3.63, 3.8) is 0 Å². The monoisotopic (exact) mass is 374 g/mol. The zero-order valence-electron chi connectivity index (χ0n) is 9.34. The Balaban J connectivity index is 4.18. The van der Waals surface area contributed by atoms with Crippen LogP contribution >= 0.6 is 22.9 Å². The summed E-state index contributed by atoms with van der Waals surface area (Å²) >= 11 is 1.81. The quantitative estimate of drug-likeness (QED) is 0.175. The van der Waals surface area contributed by atoms with E-state index in [4.69, 9.17) is 15.0 Å². The van der Waals surface area contributed by atoms with Crippen molar-refractivity contribution in [2.75, 3.05) is 12.4 Å². The molecule has 6 nitrogen and oxygen atoms in total. The maximum atomic E-state index is 10.5. The molecule has 0 spiro atoms. The first-order chi connectivity index (χ1) is 7.90. The van der Waals surface area contributed by atoms with E-state index in [1.165, 1.54) is 6.21 Å². The number of halogens is 1. The van der Waals surface area contributed by atoms with Crippen LogP contribution in [0.3, 0.4) is 0 Å². The lowest BCUT2D eigenvalue weighted by Crippen LogP contribution is -2.10. The first-order valence-electron chi connectivity index (χ1n) is 4.75. The van der Waals surface area contributed by atoms with Gasteiger partial charge in [0.2, 0.25) is 0 Å². The Morgan fingerprint density at radius 1 is 1.59 bits per heavy atom. The minimum Gasteiger partial charge on any atom is -0.492 e. The lowest BCUT2D eigenvalue weighted by Gasteiger charge is -2.09. The largest absolute Gasteiger partial charge is 0.492 e. The van der Waals surface area contributed by atoms with Crippen LogP contribution in [0.1, 0.15) is 13.3 Å². The Labute approximate surface area is 115 Å². The highest BCUT2D eigenvalue weighted by molar-refractivity contribution is 14.1. The topological polar surface area (TPSA) is 102 Å². The molecule has 8 heteroatoms. The van der Waals surface area contributed by atoms with Gasteiger partial charge in [-0.3, -0.25) is 4.55 Å². The Kier molecular flexibility index (Phi) is 8.17. The summed E-state index contributed by atoms with van der Waals surface area (Å²) in [5, 5.41) is 0. The zero-order chi connectivity index (χ0) is 13.3. The molecule has 0 saturated heterocycles. The van der Waals surface area contributed by atoms with Gasteiger partial charge in [-0.15, -0.1) is 0 Å². The van der Waals surface area contributed by atoms with Gasteiger partial charge in [-0.1, -0.05) is 0 Å². The van der Waals surface area contributed by atoms with Gasteiger partial charge in [0.25, 0.3) is 10.1 Å². The van der Waals surface area contributed by atoms with Crippen LogP contribution < -0.4 is 5.73 Å². The van der Waals surface area contributed by atoms with E-state index in [1.54, 1.807) is 19.1 Å². The molecule has 0 aromatic heterocycles. The maximum Gasteiger partial charge on any atom is 0.264 e. The Morgan fingerprint density at radius 3 is 2.71 bits per heavy atom. The lowest BCUT2D eigenvalue weighted by atomic mass is 10.3. The van der Waals surface area contributed by atoms with Crippen molar-refractivity contribution in [3.8, 4) is 0 Å². The lowest BCUT2D eigenvalue weighted by molar-refractivity contribution is 0.219. The summed E-state index contributed by atoms with van der Waals surface area (Å²) in [6.07, 6.45) is 4.95. The third-order valence-electron chi connectivity index (χ3n) is 1.66. The summed E-state index contributed by atoms with van der Waals surface area (Å²) in [7, 11) is -3.93. The standard InChI is InChI=1S/C9H15IN2O4S/c1-2-9(8(11)4-5-12-10)16-6-3-7-17(13,14)15/h2,4-5H,3,6-7,11H2,1H3,(H,13,14,15)/b8-4+,9-2+,12-5?. The number of rotatable bonds is 7. The van der Waals surface area contributed by atoms with Crippen LogP contribution in [0.2, 0.25) is 0 Å². The van der Waals surface area contributed by atoms with Crippen LogP contribution in [0.25, 0.3) is 0 Å². The molecule has 0 radical (unpaired) electrons. The van der Waals surface area contributed by atoms with Gasteiger partial charge >= 0.3 is 0 Å². The molecule has 0 aromatic rings. The molecule has 0 aromatic carbocycles. The van der Waals surface area contributed by atoms with Crippen LogP contribution in [0.5, 0.6) is 0 Å². The van der Waals surface area contributed by atoms with Crippen LogP contribution in [0.4, 0.5) is 0 Å². The molecule has 0 saturated carbocycles. The van der Waals surface area contributed by atoms with E-state index in [9.17, 15) is 8.42 Å². The fraction of sp³-hybridized carbons (Fsp3) is 0.444. The van der Waals surface area contributed by atoms with E-state index in [0.717, 1.165) is 0 Å². The van der Waals surface area contributed by atoms with Gasteiger partial charge in [0, 0.05) is 6.21 Å². The van der Waals surface area contributed by atoms with Gasteiger partial charge in [-0.2, -0.15) is 8.42 Å². The predicted molar refractivity (Wildman–Crippen MR) is 75.5 cm³/mol. The second-order valence-electron chi connectivity index (χ2n) is 3.01. The molecule has 3 N–H and O–H groups in total. The minimum atomic E-state index is -3.93. The fourth-order valence-corrected chi connectivity index (χ4v) is 1.59. The van der Waals surface area contributed by atoms with Crippen LogP contribution in [0.15, 0.2) is 26.8 Å². The molecule has 98 valence electrons. The van der Waals surface area contributed by atoms with Crippen molar-refractivity contribution >= 4 is 39.2 Å². The first-order valence-corrected chi connectivity index (χ1v) is 7.33. The third-order valence-corrected chi connectivity index (χ3v) is 2.79. The summed E-state index contributed by atoms with van der Waals surface area (Å²) in [5.41, 5.74) is 6.09. The Hall–Kier alpha value is -0.610. The smallest absolute Gasteiger partial charge is 0.264 e. The summed E-state index contributed by atoms with van der Waals surface area (Å²) in [6, 6.07) is 0. The maximum absolute atomic E-state index is 10.5. The molecule has 0 amide bonds. The molecule has 0 atom stereocenters. The van der Waals surface area contributed by atoms with Crippen LogP contribution in [-0.2, 0) is 14.9 Å². The zero-order valence-corrected chi connectivity index (χ0v) is 12.3. The molecule has 0 aliphatic carbocycles. The van der Waals surface area contributed by atoms with Gasteiger partial charge in [-0.25, -0.2) is 3.21 Å². The van der Waals surface area contributed by atoms with Gasteiger partial charge in [-0.05, 0) is 25.5 Å². The van der Waals surface area contributed by atoms with Crippen molar-refractivity contribution in [3.05, 3.63) is 23.6 Å². The third kappa shape index (κ3) is 9.12. The second-order valence-corrected chi connectivity index (χ2v) is 5.14. The first kappa shape index (κ1) is 16.4. The van der Waals surface area contributed by atoms with E-state index in [2.05, 4.69) is 3.21 Å². The average Bonchev–Trinajstić information content (AvgIpc) is 2.24. The van der Waals surface area contributed by atoms with Crippen molar-refractivity contribution in [1.29, 1.82) is 0 Å². The molecular weight excluding hydrogens is 359 g/mol. The van der Waals surface area contributed by atoms with Crippen molar-refractivity contribution in [2.45, 2.75) is 13.3 Å². The molecular formula is C9H15IN2O4S. The highest BCUT2D eigenvalue weighted by atomic mass is 127. The van der Waals surface area contributed by atoms with Crippen LogP contribution in [-0.4, -0.2) is 31.5 Å². The van der Waals surface area contributed by atoms with Gasteiger partial charge in [0.05, 0.1) is 40.9 Å². The number of nitrogens with two attached hydrogens (primary N) is 1. The molecule has 0 rings (SSSR count). The number of hydrogen-bond donors (Lipinski definition) is 2. The van der Waals surface area contributed by atoms with Crippen molar-refractivity contribution < 1.29 is 17.7 Å². The number of ether oxygens (including phenoxy) is 1. The minimum absolute atomic E-state index is 0.162. The predicted octanol–water partition coefficient (Wildman–Crippen LogP) is 1.45. The van der Waals surface area contributed by atoms with Crippen molar-refractivity contribution in [1.82, 2.24) is 0 Å². The molecule has 0 unspecified atom stereocenters. The van der Waals surface area contributed by atoms with Crippen molar-refractivity contribution in [2.24, 2.45) is 8.94 Å². The highest BCUT2D eigenvalue weighted by Crippen LogP contribution is 2.06. The molecule has 0 aliphatic rings. The highest BCUT2D eigenvalue weighted by Gasteiger charge is 2.05. The van der Waals surface area contributed by atoms with E-state index in [1.807, 2.05) is 22.9 Å². The molecule has 0 fully saturated rings. The Bertz CT molecular complexity index is 415. The summed E-state index contributed by atoms with van der Waals surface area (Å²) < 4.78 is 38.4. The molecule has 0 bridgehead atoms. The summed E-state index contributed by atoms with van der Waals surface area (Å²) in [6.45, 7) is 1.91. The summed E-state index contributed by atoms with van der Waals surface area (Å²) in [4.78, 5) is 0. The van der Waals surface area contributed by atoms with Gasteiger partial charge < -0.3 is 10.5 Å². The normalized spacial score (nSPS) is 14.3. The Morgan fingerprint density at radius 2 is 2.24 bits per heavy atom. The number of allylic oxidation sites excluding steroid dienone is 2. The van der Waals surface area contributed by atoms with E-state index in [-0.39, 0.29) is 18.8 Å². The number of hydrogen-bond acceptors (Lipinski definition) is 5. The SMILES string of the molecule is C/C=C(OCCCS(=O)(=O)O)\C(N)=C/C=NI. The summed E-state index contributed by atoms with van der Waals surface area (Å²) in [5.74, 6) is 0.125. The van der Waals surface area contributed by atoms with Crippen LogP contribution in [0, 0.1) is 0 Å². The number of nitrogens with zero attached hydrogens (tertiary/aromatic N) is 1. The van der Waals surface area contributed by atoms with Gasteiger partial charge in [0.1, 0.15) is 5.76 Å². The van der Waals surface area contributed by atoms with E-state index >= 15 is 0 Å². The molecule has 0 heterocycles.